The van der Waals surface area contributed by atoms with Gasteiger partial charge >= 0.3 is 6.18 Å². The smallest absolute Gasteiger partial charge is 0.352 e. The lowest BCUT2D eigenvalue weighted by Crippen LogP contribution is -2.52. The van der Waals surface area contributed by atoms with Gasteiger partial charge in [0.2, 0.25) is 11.8 Å². The minimum absolute atomic E-state index is 0.0359. The van der Waals surface area contributed by atoms with Crippen molar-refractivity contribution in [2.24, 2.45) is 0 Å². The van der Waals surface area contributed by atoms with Crippen LogP contribution in [0.2, 0.25) is 5.02 Å². The molecule has 0 fully saturated rings. The van der Waals surface area contributed by atoms with E-state index in [-0.39, 0.29) is 17.5 Å². The predicted octanol–water partition coefficient (Wildman–Crippen LogP) is 5.80. The van der Waals surface area contributed by atoms with Crippen molar-refractivity contribution >= 4 is 39.1 Å². The number of sulfonamides is 1. The Morgan fingerprint density at radius 2 is 1.56 bits per heavy atom. The molecule has 0 aliphatic rings. The van der Waals surface area contributed by atoms with E-state index in [2.05, 4.69) is 5.32 Å². The number of amides is 2. The Hall–Kier alpha value is -3.57. The van der Waals surface area contributed by atoms with Crippen molar-refractivity contribution in [3.05, 3.63) is 94.5 Å². The molecule has 1 atom stereocenters. The van der Waals surface area contributed by atoms with Gasteiger partial charge in [-0.1, -0.05) is 54.1 Å². The van der Waals surface area contributed by atoms with Crippen LogP contribution in [-0.4, -0.2) is 43.8 Å². The average Bonchev–Trinajstić information content (AvgIpc) is 2.90. The van der Waals surface area contributed by atoms with E-state index < -0.39 is 56.9 Å². The van der Waals surface area contributed by atoms with E-state index in [0.29, 0.717) is 15.9 Å². The lowest BCUT2D eigenvalue weighted by molar-refractivity contribution is -0.139. The van der Waals surface area contributed by atoms with Gasteiger partial charge in [0.15, 0.2) is 0 Å². The Morgan fingerprint density at radius 1 is 0.951 bits per heavy atom. The number of carbonyl (C=O) groups excluding carboxylic acids is 2. The fourth-order valence-electron chi connectivity index (χ4n) is 4.09. The van der Waals surface area contributed by atoms with Crippen LogP contribution in [0.25, 0.3) is 0 Å². The van der Waals surface area contributed by atoms with E-state index in [0.717, 1.165) is 17.7 Å². The molecule has 7 nitrogen and oxygen atoms in total. The summed E-state index contributed by atoms with van der Waals surface area (Å²) in [5, 5.41) is 2.12. The van der Waals surface area contributed by atoms with Gasteiger partial charge in [0, 0.05) is 12.6 Å². The van der Waals surface area contributed by atoms with Gasteiger partial charge < -0.3 is 10.2 Å². The first-order valence-corrected chi connectivity index (χ1v) is 14.5. The summed E-state index contributed by atoms with van der Waals surface area (Å²) >= 11 is 5.79. The first-order valence-electron chi connectivity index (χ1n) is 12.7. The molecule has 2 amide bonds. The maximum absolute atomic E-state index is 13.9. The highest BCUT2D eigenvalue weighted by molar-refractivity contribution is 7.92. The molecule has 0 spiro atoms. The first-order chi connectivity index (χ1) is 19.1. The quantitative estimate of drug-likeness (QED) is 0.315. The molecular formula is C29H31ClF3N3O4S. The first kappa shape index (κ1) is 32.0. The molecule has 0 radical (unpaired) electrons. The van der Waals surface area contributed by atoms with Crippen LogP contribution in [0.4, 0.5) is 18.9 Å². The second-order valence-corrected chi connectivity index (χ2v) is 12.0. The van der Waals surface area contributed by atoms with Crippen LogP contribution in [0, 0.1) is 6.92 Å². The van der Waals surface area contributed by atoms with Gasteiger partial charge in [-0.2, -0.15) is 13.2 Å². The molecule has 0 bridgehead atoms. The van der Waals surface area contributed by atoms with Crippen LogP contribution in [-0.2, 0) is 32.3 Å². The standard InChI is InChI=1S/C29H31ClF3N3O4S/c1-19(2)34-28(38)21(4)35(17-22-11-9-8-10-20(22)3)27(37)18-36(41(39,40)24-12-6-5-7-13-24)23-14-15-26(30)25(16-23)29(31,32)33/h5-16,19,21H,17-18H2,1-4H3,(H,34,38)/t21-/m0/s1. The largest absolute Gasteiger partial charge is 0.417 e. The van der Waals surface area contributed by atoms with E-state index in [1.165, 1.54) is 36.1 Å². The van der Waals surface area contributed by atoms with Crippen molar-refractivity contribution in [2.45, 2.75) is 57.4 Å². The van der Waals surface area contributed by atoms with E-state index in [9.17, 15) is 31.2 Å². The number of benzene rings is 3. The van der Waals surface area contributed by atoms with Gasteiger partial charge in [-0.05, 0) is 69.2 Å². The van der Waals surface area contributed by atoms with Crippen molar-refractivity contribution in [2.75, 3.05) is 10.8 Å². The molecule has 0 saturated carbocycles. The zero-order valence-electron chi connectivity index (χ0n) is 22.9. The number of aryl methyl sites for hydroxylation is 1. The topological polar surface area (TPSA) is 86.8 Å². The van der Waals surface area contributed by atoms with Crippen molar-refractivity contribution in [3.63, 3.8) is 0 Å². The van der Waals surface area contributed by atoms with Crippen LogP contribution in [0.15, 0.2) is 77.7 Å². The molecule has 0 heterocycles. The van der Waals surface area contributed by atoms with Crippen LogP contribution in [0.1, 0.15) is 37.5 Å². The number of hydrogen-bond donors (Lipinski definition) is 1. The number of halogens is 4. The third-order valence-electron chi connectivity index (χ3n) is 6.35. The number of nitrogens with one attached hydrogen (secondary N) is 1. The molecule has 41 heavy (non-hydrogen) atoms. The minimum Gasteiger partial charge on any atom is -0.352 e. The van der Waals surface area contributed by atoms with Crippen molar-refractivity contribution < 1.29 is 31.2 Å². The fourth-order valence-corrected chi connectivity index (χ4v) is 5.74. The summed E-state index contributed by atoms with van der Waals surface area (Å²) in [5.74, 6) is -1.26. The summed E-state index contributed by atoms with van der Waals surface area (Å²) in [6.07, 6.45) is -4.88. The molecular weight excluding hydrogens is 579 g/mol. The number of hydrogen-bond acceptors (Lipinski definition) is 4. The molecule has 0 saturated heterocycles. The van der Waals surface area contributed by atoms with Crippen LogP contribution < -0.4 is 9.62 Å². The van der Waals surface area contributed by atoms with Gasteiger partial charge in [0.25, 0.3) is 10.0 Å². The molecule has 0 aromatic heterocycles. The molecule has 3 aromatic rings. The molecule has 3 aromatic carbocycles. The van der Waals surface area contributed by atoms with Crippen LogP contribution >= 0.6 is 11.6 Å². The zero-order chi connectivity index (χ0) is 30.5. The number of nitrogens with zero attached hydrogens (tertiary/aromatic N) is 2. The van der Waals surface area contributed by atoms with Gasteiger partial charge in [-0.3, -0.25) is 13.9 Å². The normalized spacial score (nSPS) is 12.6. The summed E-state index contributed by atoms with van der Waals surface area (Å²) in [4.78, 5) is 27.8. The molecule has 0 unspecified atom stereocenters. The highest BCUT2D eigenvalue weighted by Gasteiger charge is 2.37. The molecule has 0 aliphatic heterocycles. The predicted molar refractivity (Wildman–Crippen MR) is 152 cm³/mol. The Balaban J connectivity index is 2.12. The molecule has 12 heteroatoms. The van der Waals surface area contributed by atoms with E-state index >= 15 is 0 Å². The highest BCUT2D eigenvalue weighted by atomic mass is 35.5. The second-order valence-electron chi connectivity index (χ2n) is 9.77. The summed E-state index contributed by atoms with van der Waals surface area (Å²) in [6.45, 7) is 5.94. The molecule has 0 aliphatic carbocycles. The van der Waals surface area contributed by atoms with Crippen molar-refractivity contribution in [3.8, 4) is 0 Å². The van der Waals surface area contributed by atoms with Gasteiger partial charge in [0.05, 0.1) is 21.2 Å². The number of alkyl halides is 3. The van der Waals surface area contributed by atoms with Gasteiger partial charge in [-0.25, -0.2) is 8.42 Å². The average molecular weight is 610 g/mol. The van der Waals surface area contributed by atoms with E-state index in [1.807, 2.05) is 19.1 Å². The Bertz CT molecular complexity index is 1500. The van der Waals surface area contributed by atoms with Gasteiger partial charge in [-0.15, -0.1) is 0 Å². The number of anilines is 1. The highest BCUT2D eigenvalue weighted by Crippen LogP contribution is 2.38. The zero-order valence-corrected chi connectivity index (χ0v) is 24.5. The molecule has 220 valence electrons. The van der Waals surface area contributed by atoms with Crippen molar-refractivity contribution in [1.82, 2.24) is 10.2 Å². The van der Waals surface area contributed by atoms with Crippen molar-refractivity contribution in [1.29, 1.82) is 0 Å². The number of carbonyl (C=O) groups is 2. The second kappa shape index (κ2) is 12.9. The summed E-state index contributed by atoms with van der Waals surface area (Å²) in [5.41, 5.74) is -0.107. The monoisotopic (exact) mass is 609 g/mol. The lowest BCUT2D eigenvalue weighted by atomic mass is 10.1. The van der Waals surface area contributed by atoms with Gasteiger partial charge in [0.1, 0.15) is 12.6 Å². The third kappa shape index (κ3) is 7.80. The Kier molecular flexibility index (Phi) is 10.1. The maximum atomic E-state index is 13.9. The maximum Gasteiger partial charge on any atom is 0.417 e. The lowest BCUT2D eigenvalue weighted by Gasteiger charge is -2.32. The Morgan fingerprint density at radius 3 is 2.15 bits per heavy atom. The molecule has 3 rings (SSSR count). The molecule has 1 N–H and O–H groups in total. The Labute approximate surface area is 243 Å². The fraction of sp³-hybridized carbons (Fsp3) is 0.310. The summed E-state index contributed by atoms with van der Waals surface area (Å²) in [7, 11) is -4.53. The third-order valence-corrected chi connectivity index (χ3v) is 8.47. The summed E-state index contributed by atoms with van der Waals surface area (Å²) < 4.78 is 69.3. The minimum atomic E-state index is -4.88. The van der Waals surface area contributed by atoms with Crippen LogP contribution in [0.5, 0.6) is 0 Å². The van der Waals surface area contributed by atoms with E-state index in [4.69, 9.17) is 11.6 Å². The summed E-state index contributed by atoms with van der Waals surface area (Å²) in [6, 6.07) is 15.6. The van der Waals surface area contributed by atoms with Crippen LogP contribution in [0.3, 0.4) is 0 Å². The number of rotatable bonds is 10. The SMILES string of the molecule is Cc1ccccc1CN(C(=O)CN(c1ccc(Cl)c(C(F)(F)F)c1)S(=O)(=O)c1ccccc1)[C@@H](C)C(=O)NC(C)C. The van der Waals surface area contributed by atoms with E-state index in [1.54, 1.807) is 32.0 Å².